The van der Waals surface area contributed by atoms with Crippen molar-refractivity contribution in [2.24, 2.45) is 5.92 Å². The molecule has 0 amide bonds. The fraction of sp³-hybridized carbons (Fsp3) is 0.647. The van der Waals surface area contributed by atoms with Gasteiger partial charge < -0.3 is 5.11 Å². The van der Waals surface area contributed by atoms with E-state index in [0.29, 0.717) is 12.0 Å². The molecule has 0 spiro atoms. The lowest BCUT2D eigenvalue weighted by Gasteiger charge is -2.41. The molecule has 2 aliphatic rings. The minimum Gasteiger partial charge on any atom is -0.393 e. The van der Waals surface area contributed by atoms with Crippen molar-refractivity contribution in [2.75, 3.05) is 13.1 Å². The van der Waals surface area contributed by atoms with Gasteiger partial charge in [0.2, 0.25) is 0 Å². The maximum absolute atomic E-state index is 13.6. The molecule has 1 saturated heterocycles. The van der Waals surface area contributed by atoms with Crippen LogP contribution in [0.5, 0.6) is 0 Å². The van der Waals surface area contributed by atoms with Crippen LogP contribution in [-0.4, -0.2) is 29.2 Å². The zero-order valence-corrected chi connectivity index (χ0v) is 12.2. The number of aliphatic hydroxyl groups is 1. The summed E-state index contributed by atoms with van der Waals surface area (Å²) < 4.78 is 13.6. The number of piperidine rings is 1. The summed E-state index contributed by atoms with van der Waals surface area (Å²) in [5.74, 6) is 0.238. The summed E-state index contributed by atoms with van der Waals surface area (Å²) in [5.41, 5.74) is 2.49. The number of halogens is 1. The van der Waals surface area contributed by atoms with Crippen LogP contribution in [0.25, 0.3) is 0 Å². The average Bonchev–Trinajstić information content (AvgIpc) is 2.46. The molecule has 3 heteroatoms. The number of likely N-dealkylation sites (tertiary alicyclic amines) is 1. The summed E-state index contributed by atoms with van der Waals surface area (Å²) in [6.07, 6.45) is 5.36. The van der Waals surface area contributed by atoms with Crippen LogP contribution >= 0.6 is 0 Å². The van der Waals surface area contributed by atoms with Crippen LogP contribution < -0.4 is 0 Å². The highest BCUT2D eigenvalue weighted by atomic mass is 19.1. The number of benzene rings is 1. The summed E-state index contributed by atoms with van der Waals surface area (Å²) in [6.45, 7) is 3.91. The van der Waals surface area contributed by atoms with Gasteiger partial charge >= 0.3 is 0 Å². The molecule has 1 N–H and O–H groups in total. The second kappa shape index (κ2) is 5.82. The molecule has 1 aliphatic carbocycles. The Labute approximate surface area is 120 Å². The number of hydrogen-bond donors (Lipinski definition) is 1. The van der Waals surface area contributed by atoms with Gasteiger partial charge in [0.15, 0.2) is 0 Å². The SMILES string of the molecule is CC(O)C1CCCN(C2CCCc3ccc(F)cc32)C1. The van der Waals surface area contributed by atoms with Gasteiger partial charge in [-0.25, -0.2) is 4.39 Å². The Balaban J connectivity index is 1.83. The van der Waals surface area contributed by atoms with E-state index in [9.17, 15) is 9.50 Å². The Hall–Kier alpha value is -0.930. The molecule has 3 unspecified atom stereocenters. The summed E-state index contributed by atoms with van der Waals surface area (Å²) in [7, 11) is 0. The number of hydrogen-bond acceptors (Lipinski definition) is 2. The Kier molecular flexibility index (Phi) is 4.08. The normalized spacial score (nSPS) is 28.9. The van der Waals surface area contributed by atoms with E-state index >= 15 is 0 Å². The van der Waals surface area contributed by atoms with Crippen LogP contribution in [0.3, 0.4) is 0 Å². The van der Waals surface area contributed by atoms with Crippen LogP contribution in [0.4, 0.5) is 4.39 Å². The molecule has 0 bridgehead atoms. The number of aryl methyl sites for hydroxylation is 1. The lowest BCUT2D eigenvalue weighted by atomic mass is 9.84. The van der Waals surface area contributed by atoms with Gasteiger partial charge in [0.1, 0.15) is 5.82 Å². The lowest BCUT2D eigenvalue weighted by molar-refractivity contribution is 0.0395. The quantitative estimate of drug-likeness (QED) is 0.896. The van der Waals surface area contributed by atoms with Gasteiger partial charge in [0.25, 0.3) is 0 Å². The molecule has 1 fully saturated rings. The van der Waals surface area contributed by atoms with E-state index in [1.54, 1.807) is 12.1 Å². The van der Waals surface area contributed by atoms with Crippen molar-refractivity contribution in [3.63, 3.8) is 0 Å². The molecular weight excluding hydrogens is 253 g/mol. The van der Waals surface area contributed by atoms with Crippen molar-refractivity contribution in [1.82, 2.24) is 4.90 Å². The molecule has 3 rings (SSSR count). The van der Waals surface area contributed by atoms with Crippen molar-refractivity contribution >= 4 is 0 Å². The van der Waals surface area contributed by atoms with Gasteiger partial charge in [0, 0.05) is 12.6 Å². The monoisotopic (exact) mass is 277 g/mol. The Morgan fingerprint density at radius 2 is 2.15 bits per heavy atom. The largest absolute Gasteiger partial charge is 0.393 e. The summed E-state index contributed by atoms with van der Waals surface area (Å²) in [6, 6.07) is 5.60. The fourth-order valence-electron chi connectivity index (χ4n) is 3.84. The minimum atomic E-state index is -0.242. The van der Waals surface area contributed by atoms with E-state index in [1.807, 2.05) is 13.0 Å². The Bertz CT molecular complexity index is 474. The first kappa shape index (κ1) is 14.0. The van der Waals surface area contributed by atoms with E-state index in [0.717, 1.165) is 38.8 Å². The van der Waals surface area contributed by atoms with Gasteiger partial charge in [-0.3, -0.25) is 4.90 Å². The van der Waals surface area contributed by atoms with E-state index in [1.165, 1.54) is 17.5 Å². The van der Waals surface area contributed by atoms with Crippen molar-refractivity contribution in [2.45, 2.75) is 51.2 Å². The van der Waals surface area contributed by atoms with E-state index < -0.39 is 0 Å². The summed E-state index contributed by atoms with van der Waals surface area (Å²) in [4.78, 5) is 2.47. The van der Waals surface area contributed by atoms with Crippen LogP contribution in [0, 0.1) is 11.7 Å². The first-order chi connectivity index (χ1) is 9.65. The first-order valence-corrected chi connectivity index (χ1v) is 7.85. The molecule has 1 aromatic carbocycles. The molecule has 3 atom stereocenters. The predicted octanol–water partition coefficient (Wildman–Crippen LogP) is 3.30. The van der Waals surface area contributed by atoms with Gasteiger partial charge in [-0.05, 0) is 74.8 Å². The Morgan fingerprint density at radius 1 is 1.30 bits per heavy atom. The molecular formula is C17H24FNO. The number of rotatable bonds is 2. The minimum absolute atomic E-state index is 0.125. The maximum atomic E-state index is 13.6. The van der Waals surface area contributed by atoms with E-state index in [4.69, 9.17) is 0 Å². The highest BCUT2D eigenvalue weighted by molar-refractivity contribution is 5.33. The predicted molar refractivity (Wildman–Crippen MR) is 78.1 cm³/mol. The first-order valence-electron chi connectivity index (χ1n) is 7.85. The molecule has 1 aromatic rings. The van der Waals surface area contributed by atoms with Crippen molar-refractivity contribution in [3.8, 4) is 0 Å². The highest BCUT2D eigenvalue weighted by Gasteiger charge is 2.31. The van der Waals surface area contributed by atoms with Crippen LogP contribution in [0.1, 0.15) is 49.8 Å². The molecule has 20 heavy (non-hydrogen) atoms. The molecule has 0 radical (unpaired) electrons. The smallest absolute Gasteiger partial charge is 0.123 e. The van der Waals surface area contributed by atoms with Gasteiger partial charge in [-0.1, -0.05) is 6.07 Å². The molecule has 1 heterocycles. The lowest BCUT2D eigenvalue weighted by Crippen LogP contribution is -2.42. The van der Waals surface area contributed by atoms with Crippen molar-refractivity contribution in [1.29, 1.82) is 0 Å². The van der Waals surface area contributed by atoms with Crippen LogP contribution in [0.15, 0.2) is 18.2 Å². The maximum Gasteiger partial charge on any atom is 0.123 e. The molecule has 110 valence electrons. The molecule has 1 aliphatic heterocycles. The molecule has 2 nitrogen and oxygen atoms in total. The third-order valence-corrected chi connectivity index (χ3v) is 5.00. The number of aliphatic hydroxyl groups excluding tert-OH is 1. The van der Waals surface area contributed by atoms with Crippen molar-refractivity contribution in [3.05, 3.63) is 35.1 Å². The highest BCUT2D eigenvalue weighted by Crippen LogP contribution is 2.37. The number of fused-ring (bicyclic) bond motifs is 1. The van der Waals surface area contributed by atoms with Gasteiger partial charge in [-0.15, -0.1) is 0 Å². The number of nitrogens with zero attached hydrogens (tertiary/aromatic N) is 1. The third-order valence-electron chi connectivity index (χ3n) is 5.00. The zero-order chi connectivity index (χ0) is 14.1. The van der Waals surface area contributed by atoms with Gasteiger partial charge in [0.05, 0.1) is 6.10 Å². The van der Waals surface area contributed by atoms with Crippen LogP contribution in [-0.2, 0) is 6.42 Å². The molecule has 0 saturated carbocycles. The second-order valence-corrected chi connectivity index (χ2v) is 6.39. The van der Waals surface area contributed by atoms with Gasteiger partial charge in [-0.2, -0.15) is 0 Å². The zero-order valence-electron chi connectivity index (χ0n) is 12.2. The summed E-state index contributed by atoms with van der Waals surface area (Å²) >= 11 is 0. The van der Waals surface area contributed by atoms with E-state index in [2.05, 4.69) is 4.90 Å². The second-order valence-electron chi connectivity index (χ2n) is 6.39. The topological polar surface area (TPSA) is 23.5 Å². The van der Waals surface area contributed by atoms with Crippen molar-refractivity contribution < 1.29 is 9.50 Å². The molecule has 0 aromatic heterocycles. The Morgan fingerprint density at radius 3 is 2.95 bits per heavy atom. The third kappa shape index (κ3) is 2.75. The summed E-state index contributed by atoms with van der Waals surface area (Å²) in [5, 5.41) is 9.85. The fourth-order valence-corrected chi connectivity index (χ4v) is 3.84. The standard InChI is InChI=1S/C17H24FNO/c1-12(20)14-5-3-9-19(11-14)17-6-2-4-13-7-8-15(18)10-16(13)17/h7-8,10,12,14,17,20H,2-6,9,11H2,1H3. The average molecular weight is 277 g/mol. The van der Waals surface area contributed by atoms with E-state index in [-0.39, 0.29) is 11.9 Å². The van der Waals surface area contributed by atoms with Crippen LogP contribution in [0.2, 0.25) is 0 Å².